The standard InChI is InChI=1S/C13H13N3/c14-8-11-3-4-13(7-12(11)9-15)16-6-5-10-1-2-10/h3-4,7,10,16H,1-2,5-6H2. The van der Waals surface area contributed by atoms with Gasteiger partial charge in [0, 0.05) is 12.2 Å². The lowest BCUT2D eigenvalue weighted by atomic mass is 10.1. The fourth-order valence-electron chi connectivity index (χ4n) is 1.67. The van der Waals surface area contributed by atoms with E-state index >= 15 is 0 Å². The Morgan fingerprint density at radius 2 is 1.94 bits per heavy atom. The molecule has 0 radical (unpaired) electrons. The topological polar surface area (TPSA) is 59.6 Å². The fraction of sp³-hybridized carbons (Fsp3) is 0.385. The second-order valence-corrected chi connectivity index (χ2v) is 4.14. The minimum atomic E-state index is 0.440. The van der Waals surface area contributed by atoms with E-state index < -0.39 is 0 Å². The van der Waals surface area contributed by atoms with Crippen LogP contribution in [0.1, 0.15) is 30.4 Å². The number of benzene rings is 1. The van der Waals surface area contributed by atoms with E-state index in [1.54, 1.807) is 12.1 Å². The van der Waals surface area contributed by atoms with E-state index in [-0.39, 0.29) is 0 Å². The highest BCUT2D eigenvalue weighted by molar-refractivity contribution is 5.56. The molecule has 0 spiro atoms. The SMILES string of the molecule is N#Cc1ccc(NCCC2CC2)cc1C#N. The summed E-state index contributed by atoms with van der Waals surface area (Å²) in [5.41, 5.74) is 1.81. The molecule has 3 nitrogen and oxygen atoms in total. The maximum Gasteiger partial charge on any atom is 0.101 e. The first-order valence-corrected chi connectivity index (χ1v) is 5.51. The zero-order valence-electron chi connectivity index (χ0n) is 9.03. The second kappa shape index (κ2) is 4.68. The maximum absolute atomic E-state index is 8.87. The van der Waals surface area contributed by atoms with Gasteiger partial charge in [-0.1, -0.05) is 12.8 Å². The van der Waals surface area contributed by atoms with Crippen LogP contribution in [0.15, 0.2) is 18.2 Å². The van der Waals surface area contributed by atoms with Gasteiger partial charge in [0.05, 0.1) is 11.1 Å². The summed E-state index contributed by atoms with van der Waals surface area (Å²) in [6, 6.07) is 9.33. The van der Waals surface area contributed by atoms with Crippen LogP contribution in [0.2, 0.25) is 0 Å². The van der Waals surface area contributed by atoms with E-state index in [0.29, 0.717) is 11.1 Å². The molecule has 16 heavy (non-hydrogen) atoms. The third-order valence-electron chi connectivity index (χ3n) is 2.84. The number of rotatable bonds is 4. The van der Waals surface area contributed by atoms with Gasteiger partial charge in [0.25, 0.3) is 0 Å². The van der Waals surface area contributed by atoms with Crippen molar-refractivity contribution in [3.8, 4) is 12.1 Å². The normalized spacial score (nSPS) is 13.9. The molecule has 1 saturated carbocycles. The lowest BCUT2D eigenvalue weighted by molar-refractivity contribution is 0.760. The molecule has 0 aromatic heterocycles. The van der Waals surface area contributed by atoms with Gasteiger partial charge in [-0.05, 0) is 30.5 Å². The van der Waals surface area contributed by atoms with Crippen molar-refractivity contribution in [3.05, 3.63) is 29.3 Å². The molecule has 0 aliphatic heterocycles. The van der Waals surface area contributed by atoms with Crippen molar-refractivity contribution in [2.45, 2.75) is 19.3 Å². The first kappa shape index (κ1) is 10.5. The smallest absolute Gasteiger partial charge is 0.101 e. The van der Waals surface area contributed by atoms with Crippen LogP contribution >= 0.6 is 0 Å². The minimum Gasteiger partial charge on any atom is -0.385 e. The third-order valence-corrected chi connectivity index (χ3v) is 2.84. The molecule has 1 aliphatic carbocycles. The number of anilines is 1. The average Bonchev–Trinajstić information content (AvgIpc) is 3.13. The molecule has 0 atom stereocenters. The fourth-order valence-corrected chi connectivity index (χ4v) is 1.67. The van der Waals surface area contributed by atoms with Gasteiger partial charge < -0.3 is 5.32 Å². The van der Waals surface area contributed by atoms with E-state index in [2.05, 4.69) is 5.32 Å². The molecular weight excluding hydrogens is 198 g/mol. The quantitative estimate of drug-likeness (QED) is 0.832. The van der Waals surface area contributed by atoms with Crippen molar-refractivity contribution in [1.29, 1.82) is 10.5 Å². The first-order chi connectivity index (χ1) is 7.83. The highest BCUT2D eigenvalue weighted by atomic mass is 14.9. The number of nitriles is 2. The van der Waals surface area contributed by atoms with E-state index in [0.717, 1.165) is 18.2 Å². The lowest BCUT2D eigenvalue weighted by Crippen LogP contribution is -2.02. The monoisotopic (exact) mass is 211 g/mol. The Labute approximate surface area is 95.3 Å². The predicted molar refractivity (Wildman–Crippen MR) is 61.7 cm³/mol. The summed E-state index contributed by atoms with van der Waals surface area (Å²) in [6.07, 6.45) is 3.92. The molecule has 1 N–H and O–H groups in total. The maximum atomic E-state index is 8.87. The van der Waals surface area contributed by atoms with Gasteiger partial charge in [-0.3, -0.25) is 0 Å². The third kappa shape index (κ3) is 2.52. The van der Waals surface area contributed by atoms with E-state index in [4.69, 9.17) is 10.5 Å². The molecule has 1 fully saturated rings. The molecule has 3 heteroatoms. The van der Waals surface area contributed by atoms with Crippen LogP contribution in [0.3, 0.4) is 0 Å². The Bertz CT molecular complexity index is 461. The van der Waals surface area contributed by atoms with Gasteiger partial charge in [0.1, 0.15) is 12.1 Å². The Hall–Kier alpha value is -2.00. The van der Waals surface area contributed by atoms with Gasteiger partial charge in [-0.25, -0.2) is 0 Å². The molecule has 1 aromatic rings. The molecule has 0 unspecified atom stereocenters. The van der Waals surface area contributed by atoms with Crippen LogP contribution in [0.4, 0.5) is 5.69 Å². The van der Waals surface area contributed by atoms with Crippen molar-refractivity contribution >= 4 is 5.69 Å². The molecule has 1 aromatic carbocycles. The predicted octanol–water partition coefficient (Wildman–Crippen LogP) is 2.64. The highest BCUT2D eigenvalue weighted by Gasteiger charge is 2.20. The first-order valence-electron chi connectivity index (χ1n) is 5.51. The minimum absolute atomic E-state index is 0.440. The van der Waals surface area contributed by atoms with E-state index in [1.165, 1.54) is 19.3 Å². The summed E-state index contributed by atoms with van der Waals surface area (Å²) >= 11 is 0. The molecule has 0 saturated heterocycles. The molecule has 1 aliphatic rings. The van der Waals surface area contributed by atoms with Crippen LogP contribution < -0.4 is 5.32 Å². The van der Waals surface area contributed by atoms with Crippen molar-refractivity contribution in [2.24, 2.45) is 5.92 Å². The van der Waals surface area contributed by atoms with Crippen LogP contribution in [-0.4, -0.2) is 6.54 Å². The lowest BCUT2D eigenvalue weighted by Gasteiger charge is -2.06. The van der Waals surface area contributed by atoms with Crippen molar-refractivity contribution in [1.82, 2.24) is 0 Å². The molecule has 80 valence electrons. The molecule has 0 amide bonds. The number of nitrogens with one attached hydrogen (secondary N) is 1. The zero-order valence-corrected chi connectivity index (χ0v) is 9.03. The zero-order chi connectivity index (χ0) is 11.4. The van der Waals surface area contributed by atoms with Crippen LogP contribution in [0, 0.1) is 28.6 Å². The van der Waals surface area contributed by atoms with Gasteiger partial charge in [0.15, 0.2) is 0 Å². The number of hydrogen-bond acceptors (Lipinski definition) is 3. The Morgan fingerprint density at radius 3 is 2.56 bits per heavy atom. The molecule has 0 heterocycles. The Kier molecular flexibility index (Phi) is 3.08. The van der Waals surface area contributed by atoms with E-state index in [1.807, 2.05) is 18.2 Å². The molecule has 2 rings (SSSR count). The van der Waals surface area contributed by atoms with Crippen molar-refractivity contribution in [3.63, 3.8) is 0 Å². The average molecular weight is 211 g/mol. The van der Waals surface area contributed by atoms with Crippen LogP contribution in [-0.2, 0) is 0 Å². The van der Waals surface area contributed by atoms with Crippen molar-refractivity contribution in [2.75, 3.05) is 11.9 Å². The summed E-state index contributed by atoms with van der Waals surface area (Å²) in [4.78, 5) is 0. The van der Waals surface area contributed by atoms with Crippen LogP contribution in [0.5, 0.6) is 0 Å². The summed E-state index contributed by atoms with van der Waals surface area (Å²) < 4.78 is 0. The number of nitrogens with zero attached hydrogens (tertiary/aromatic N) is 2. The second-order valence-electron chi connectivity index (χ2n) is 4.14. The molecular formula is C13H13N3. The van der Waals surface area contributed by atoms with Crippen LogP contribution in [0.25, 0.3) is 0 Å². The number of hydrogen-bond donors (Lipinski definition) is 1. The highest BCUT2D eigenvalue weighted by Crippen LogP contribution is 2.32. The van der Waals surface area contributed by atoms with Crippen molar-refractivity contribution < 1.29 is 0 Å². The van der Waals surface area contributed by atoms with Gasteiger partial charge in [-0.2, -0.15) is 10.5 Å². The van der Waals surface area contributed by atoms with Gasteiger partial charge in [0.2, 0.25) is 0 Å². The molecule has 0 bridgehead atoms. The summed E-state index contributed by atoms with van der Waals surface area (Å²) in [6.45, 7) is 0.946. The van der Waals surface area contributed by atoms with E-state index in [9.17, 15) is 0 Å². The van der Waals surface area contributed by atoms with Gasteiger partial charge >= 0.3 is 0 Å². The Morgan fingerprint density at radius 1 is 1.19 bits per heavy atom. The summed E-state index contributed by atoms with van der Waals surface area (Å²) in [5, 5.41) is 20.9. The summed E-state index contributed by atoms with van der Waals surface area (Å²) in [7, 11) is 0. The summed E-state index contributed by atoms with van der Waals surface area (Å²) in [5.74, 6) is 0.904. The van der Waals surface area contributed by atoms with Gasteiger partial charge in [-0.15, -0.1) is 0 Å². The largest absolute Gasteiger partial charge is 0.385 e. The Balaban J connectivity index is 1.99.